The van der Waals surface area contributed by atoms with Crippen LogP contribution >= 0.6 is 35.8 Å². The molecule has 0 bridgehead atoms. The zero-order valence-electron chi connectivity index (χ0n) is 28.6. The van der Waals surface area contributed by atoms with Crippen LogP contribution in [-0.2, 0) is 19.1 Å². The van der Waals surface area contributed by atoms with Gasteiger partial charge in [0, 0.05) is 13.0 Å². The third-order valence-corrected chi connectivity index (χ3v) is 10.5. The molecule has 0 radical (unpaired) electrons. The molecule has 1 amide bonds. The van der Waals surface area contributed by atoms with E-state index in [1.165, 1.54) is 76.0 Å². The van der Waals surface area contributed by atoms with Gasteiger partial charge in [-0.15, -0.1) is 35.8 Å². The Morgan fingerprint density at radius 2 is 1.51 bits per heavy atom. The first kappa shape index (κ1) is 42.7. The van der Waals surface area contributed by atoms with Crippen molar-refractivity contribution in [2.75, 3.05) is 19.8 Å². The lowest BCUT2D eigenvalue weighted by molar-refractivity contribution is -0.220. The third-order valence-electron chi connectivity index (χ3n) is 9.36. The van der Waals surface area contributed by atoms with Crippen LogP contribution in [0.1, 0.15) is 130 Å². The van der Waals surface area contributed by atoms with Gasteiger partial charge < -0.3 is 25.0 Å². The van der Waals surface area contributed by atoms with Crippen molar-refractivity contribution in [3.63, 3.8) is 0 Å². The van der Waals surface area contributed by atoms with Crippen molar-refractivity contribution in [1.29, 1.82) is 0 Å². The number of hydrogen-bond donors (Lipinski definition) is 3. The van der Waals surface area contributed by atoms with E-state index in [0.717, 1.165) is 38.6 Å². The highest BCUT2D eigenvalue weighted by molar-refractivity contribution is 7.99. The average molecular weight is 700 g/mol. The number of halogens is 2. The molecule has 0 aromatic heterocycles. The van der Waals surface area contributed by atoms with Crippen molar-refractivity contribution in [3.05, 3.63) is 0 Å². The summed E-state index contributed by atoms with van der Waals surface area (Å²) in [5.74, 6) is -0.119. The fourth-order valence-electron chi connectivity index (χ4n) is 6.74. The van der Waals surface area contributed by atoms with E-state index in [1.54, 1.807) is 13.2 Å². The largest absolute Gasteiger partial charge is 0.457 e. The van der Waals surface area contributed by atoms with Crippen LogP contribution in [0.25, 0.3) is 0 Å². The lowest BCUT2D eigenvalue weighted by Crippen LogP contribution is -2.65. The fourth-order valence-corrected chi connectivity index (χ4v) is 7.62. The number of hydrogen-bond acceptors (Lipinski definition) is 8. The van der Waals surface area contributed by atoms with Gasteiger partial charge in [0.05, 0.1) is 17.5 Å². The maximum atomic E-state index is 13.4. The fraction of sp³-hybridized carbons (Fsp3) is 0.941. The highest BCUT2D eigenvalue weighted by Crippen LogP contribution is 2.33. The average Bonchev–Trinajstić information content (AvgIpc) is 3.36. The molecule has 2 heterocycles. The Morgan fingerprint density at radius 1 is 0.956 bits per heavy atom. The molecule has 3 N–H and O–H groups in total. The van der Waals surface area contributed by atoms with E-state index >= 15 is 0 Å². The minimum absolute atomic E-state index is 0. The number of aliphatic hydroxyl groups is 2. The van der Waals surface area contributed by atoms with E-state index in [2.05, 4.69) is 24.1 Å². The predicted octanol–water partition coefficient (Wildman–Crippen LogP) is 6.84. The molecule has 45 heavy (non-hydrogen) atoms. The Balaban J connectivity index is 0.0000101. The molecule has 0 aromatic rings. The molecule has 8 nitrogen and oxygen atoms in total. The van der Waals surface area contributed by atoms with Gasteiger partial charge in [0.15, 0.2) is 6.10 Å². The summed E-state index contributed by atoms with van der Waals surface area (Å²) in [6, 6.07) is -1.01. The Labute approximate surface area is 289 Å². The number of alkyl halides is 1. The molecule has 266 valence electrons. The van der Waals surface area contributed by atoms with Gasteiger partial charge in [0.1, 0.15) is 23.7 Å². The quantitative estimate of drug-likeness (QED) is 0.0641. The number of likely N-dealkylation sites (N-methyl/N-ethyl adjacent to an activating group) is 1. The van der Waals surface area contributed by atoms with Crippen molar-refractivity contribution in [2.24, 2.45) is 5.92 Å². The molecule has 0 saturated carbocycles. The number of carbonyl (C=O) groups excluding carboxylic acids is 2. The molecule has 2 saturated heterocycles. The summed E-state index contributed by atoms with van der Waals surface area (Å²) in [6.07, 6.45) is 16.2. The predicted molar refractivity (Wildman–Crippen MR) is 188 cm³/mol. The van der Waals surface area contributed by atoms with Crippen LogP contribution in [0, 0.1) is 5.92 Å². The van der Waals surface area contributed by atoms with Gasteiger partial charge in [-0.3, -0.25) is 14.5 Å². The molecule has 9 atom stereocenters. The van der Waals surface area contributed by atoms with Gasteiger partial charge in [0.25, 0.3) is 0 Å². The van der Waals surface area contributed by atoms with Crippen molar-refractivity contribution >= 4 is 47.6 Å². The van der Waals surface area contributed by atoms with Crippen LogP contribution in [0.3, 0.4) is 0 Å². The number of unbranched alkanes of at least 4 members (excludes halogenated alkanes) is 12. The molecular weight excluding hydrogens is 635 g/mol. The summed E-state index contributed by atoms with van der Waals surface area (Å²) < 4.78 is 11.8. The van der Waals surface area contributed by atoms with Crippen LogP contribution in [-0.4, -0.2) is 94.2 Å². The zero-order valence-corrected chi connectivity index (χ0v) is 31.0. The maximum absolute atomic E-state index is 13.4. The third kappa shape index (κ3) is 14.8. The molecule has 0 aromatic carbocycles. The highest BCUT2D eigenvalue weighted by atomic mass is 35.5. The molecule has 2 fully saturated rings. The standard InChI is InChI=1S/C34H63ClN2O6S.ClH/c1-6-8-9-10-11-12-13-14-15-16-17-18-19-21-27(38)42-32-29(39)31(43-34(44-5)30(32)40)28(24(3)35)36-33(41)26-22-25(20-7-2)23-37(26)4;/h24-26,28-32,34,39-40H,6-23H2,1-5H3,(H,36,41);1H/t24-,25+,26-,28+,29-,30+,31+,32-,34+;/m0./s1. The first-order valence-corrected chi connectivity index (χ1v) is 19.2. The number of nitrogens with one attached hydrogen (secondary N) is 1. The maximum Gasteiger partial charge on any atom is 0.306 e. The van der Waals surface area contributed by atoms with Gasteiger partial charge in [-0.2, -0.15) is 0 Å². The molecule has 0 spiro atoms. The summed E-state index contributed by atoms with van der Waals surface area (Å²) in [5, 5.41) is 24.7. The van der Waals surface area contributed by atoms with Gasteiger partial charge >= 0.3 is 5.97 Å². The second-order valence-corrected chi connectivity index (χ2v) is 14.8. The lowest BCUT2D eigenvalue weighted by atomic mass is 9.92. The number of rotatable bonds is 22. The summed E-state index contributed by atoms with van der Waals surface area (Å²) in [7, 11) is 1.96. The molecule has 0 aliphatic carbocycles. The van der Waals surface area contributed by atoms with E-state index < -0.39 is 47.2 Å². The molecule has 2 rings (SSSR count). The number of aliphatic hydroxyl groups excluding tert-OH is 2. The van der Waals surface area contributed by atoms with E-state index in [0.29, 0.717) is 12.3 Å². The zero-order chi connectivity index (χ0) is 32.5. The van der Waals surface area contributed by atoms with Gasteiger partial charge in [-0.1, -0.05) is 97.3 Å². The van der Waals surface area contributed by atoms with Gasteiger partial charge in [-0.25, -0.2) is 0 Å². The summed E-state index contributed by atoms with van der Waals surface area (Å²) >= 11 is 7.83. The van der Waals surface area contributed by atoms with Gasteiger partial charge in [0.2, 0.25) is 5.91 Å². The number of carbonyl (C=O) groups is 2. The summed E-state index contributed by atoms with van der Waals surface area (Å²) in [6.45, 7) is 7.02. The van der Waals surface area contributed by atoms with Crippen molar-refractivity contribution in [3.8, 4) is 0 Å². The number of likely N-dealkylation sites (tertiary alicyclic amines) is 1. The van der Waals surface area contributed by atoms with E-state index in [9.17, 15) is 19.8 Å². The van der Waals surface area contributed by atoms with Crippen LogP contribution < -0.4 is 5.32 Å². The highest BCUT2D eigenvalue weighted by Gasteiger charge is 2.50. The minimum Gasteiger partial charge on any atom is -0.457 e. The number of nitrogens with zero attached hydrogens (tertiary/aromatic N) is 1. The van der Waals surface area contributed by atoms with Crippen LogP contribution in [0.4, 0.5) is 0 Å². The van der Waals surface area contributed by atoms with Crippen molar-refractivity contribution in [1.82, 2.24) is 10.2 Å². The first-order valence-electron chi connectivity index (χ1n) is 17.5. The Hall–Kier alpha value is -0.290. The second kappa shape index (κ2) is 23.9. The smallest absolute Gasteiger partial charge is 0.306 e. The second-order valence-electron chi connectivity index (χ2n) is 13.2. The van der Waals surface area contributed by atoms with E-state index in [-0.39, 0.29) is 30.8 Å². The number of ether oxygens (including phenoxy) is 2. The molecule has 2 aliphatic rings. The van der Waals surface area contributed by atoms with Crippen LogP contribution in [0.5, 0.6) is 0 Å². The van der Waals surface area contributed by atoms with Crippen molar-refractivity contribution in [2.45, 2.75) is 177 Å². The lowest BCUT2D eigenvalue weighted by Gasteiger charge is -2.45. The SMILES string of the molecule is CCCCCCCCCCCCCCCC(=O)O[C@H]1[C@@H](O)[C@@H]([C@H](NC(=O)[C@@H]2C[C@@H](CCC)CN2C)[C@H](C)Cl)O[C@H](SC)[C@@H]1O.Cl. The Bertz CT molecular complexity index is 813. The minimum atomic E-state index is -1.34. The molecule has 2 aliphatic heterocycles. The van der Waals surface area contributed by atoms with E-state index in [4.69, 9.17) is 21.1 Å². The van der Waals surface area contributed by atoms with Crippen molar-refractivity contribution < 1.29 is 29.3 Å². The summed E-state index contributed by atoms with van der Waals surface area (Å²) in [5.41, 5.74) is -0.740. The number of esters is 1. The monoisotopic (exact) mass is 698 g/mol. The molecule has 0 unspecified atom stereocenters. The summed E-state index contributed by atoms with van der Waals surface area (Å²) in [4.78, 5) is 28.2. The van der Waals surface area contributed by atoms with E-state index in [1.807, 2.05) is 7.05 Å². The Morgan fingerprint density at radius 3 is 2.02 bits per heavy atom. The normalized spacial score (nSPS) is 28.3. The molecule has 11 heteroatoms. The first-order chi connectivity index (χ1) is 21.1. The number of thioether (sulfide) groups is 1. The Kier molecular flexibility index (Phi) is 22.7. The van der Waals surface area contributed by atoms with Crippen LogP contribution in [0.15, 0.2) is 0 Å². The number of amides is 1. The van der Waals surface area contributed by atoms with Crippen LogP contribution in [0.2, 0.25) is 0 Å². The topological polar surface area (TPSA) is 108 Å². The van der Waals surface area contributed by atoms with Gasteiger partial charge in [-0.05, 0) is 45.4 Å². The molecular formula is C34H64Cl2N2O6S.